The smallest absolute Gasteiger partial charge is 0.315 e. The van der Waals surface area contributed by atoms with Gasteiger partial charge < -0.3 is 19.7 Å². The molecule has 1 aromatic carbocycles. The Labute approximate surface area is 109 Å². The van der Waals surface area contributed by atoms with Crippen molar-refractivity contribution >= 4 is 11.9 Å². The lowest BCUT2D eigenvalue weighted by Crippen LogP contribution is -2.26. The molecule has 1 saturated carbocycles. The maximum absolute atomic E-state index is 11.5. The molecule has 0 bridgehead atoms. The molecule has 0 heterocycles. The summed E-state index contributed by atoms with van der Waals surface area (Å²) in [6, 6.07) is 4.74. The van der Waals surface area contributed by atoms with Crippen molar-refractivity contribution < 1.29 is 29.3 Å². The molecular formula is C13H14O6. The molecule has 1 aliphatic rings. The molecule has 2 unspecified atom stereocenters. The van der Waals surface area contributed by atoms with Gasteiger partial charge in [-0.15, -0.1) is 0 Å². The predicted molar refractivity (Wildman–Crippen MR) is 64.6 cm³/mol. The van der Waals surface area contributed by atoms with Crippen LogP contribution in [-0.4, -0.2) is 36.4 Å². The highest BCUT2D eigenvalue weighted by molar-refractivity contribution is 5.95. The van der Waals surface area contributed by atoms with Gasteiger partial charge in [-0.2, -0.15) is 0 Å². The van der Waals surface area contributed by atoms with E-state index in [1.165, 1.54) is 20.3 Å². The van der Waals surface area contributed by atoms with Crippen LogP contribution in [0.15, 0.2) is 18.2 Å². The van der Waals surface area contributed by atoms with Gasteiger partial charge in [0.1, 0.15) is 16.9 Å². The van der Waals surface area contributed by atoms with Crippen molar-refractivity contribution in [2.24, 2.45) is 5.92 Å². The van der Waals surface area contributed by atoms with Crippen molar-refractivity contribution in [3.63, 3.8) is 0 Å². The molecule has 0 aromatic heterocycles. The molecule has 0 aliphatic heterocycles. The van der Waals surface area contributed by atoms with Gasteiger partial charge >= 0.3 is 11.9 Å². The summed E-state index contributed by atoms with van der Waals surface area (Å²) in [5.74, 6) is -2.40. The molecule has 0 spiro atoms. The molecule has 0 amide bonds. The first-order valence-electron chi connectivity index (χ1n) is 5.66. The summed E-state index contributed by atoms with van der Waals surface area (Å²) in [4.78, 5) is 22.6. The first-order valence-corrected chi connectivity index (χ1v) is 5.66. The van der Waals surface area contributed by atoms with Gasteiger partial charge in [0.05, 0.1) is 20.1 Å². The van der Waals surface area contributed by atoms with Crippen LogP contribution in [0.5, 0.6) is 11.5 Å². The van der Waals surface area contributed by atoms with Crippen LogP contribution in [0.25, 0.3) is 0 Å². The number of carboxylic acid groups (broad SMARTS) is 2. The second-order valence-corrected chi connectivity index (χ2v) is 4.44. The zero-order chi connectivity index (χ0) is 14.2. The van der Waals surface area contributed by atoms with Gasteiger partial charge in [-0.1, -0.05) is 0 Å². The Hall–Kier alpha value is -2.24. The molecule has 19 heavy (non-hydrogen) atoms. The van der Waals surface area contributed by atoms with Crippen LogP contribution in [0.3, 0.4) is 0 Å². The van der Waals surface area contributed by atoms with Crippen LogP contribution in [0.4, 0.5) is 0 Å². The summed E-state index contributed by atoms with van der Waals surface area (Å²) < 4.78 is 10.2. The molecule has 1 fully saturated rings. The molecule has 1 aromatic rings. The first-order chi connectivity index (χ1) is 8.97. The zero-order valence-electron chi connectivity index (χ0n) is 10.5. The minimum Gasteiger partial charge on any atom is -0.497 e. The average molecular weight is 266 g/mol. The molecule has 6 nitrogen and oxygen atoms in total. The Balaban J connectivity index is 2.55. The predicted octanol–water partition coefficient (Wildman–Crippen LogP) is 1.13. The Bertz CT molecular complexity index is 538. The molecule has 1 aliphatic carbocycles. The number of rotatable bonds is 5. The Morgan fingerprint density at radius 2 is 1.95 bits per heavy atom. The maximum Gasteiger partial charge on any atom is 0.315 e. The third-order valence-electron chi connectivity index (χ3n) is 3.53. The van der Waals surface area contributed by atoms with Gasteiger partial charge in [-0.05, 0) is 24.6 Å². The van der Waals surface area contributed by atoms with E-state index in [0.29, 0.717) is 17.1 Å². The minimum absolute atomic E-state index is 0.0567. The number of carboxylic acids is 2. The van der Waals surface area contributed by atoms with Crippen LogP contribution >= 0.6 is 0 Å². The molecule has 6 heteroatoms. The Morgan fingerprint density at radius 3 is 2.37 bits per heavy atom. The van der Waals surface area contributed by atoms with Crippen LogP contribution in [0.1, 0.15) is 12.0 Å². The SMILES string of the molecule is COc1ccc(OC)c(C2(C(=O)O)CC2C(=O)O)c1. The van der Waals surface area contributed by atoms with E-state index in [0.717, 1.165) is 0 Å². The van der Waals surface area contributed by atoms with Gasteiger partial charge in [0.25, 0.3) is 0 Å². The minimum atomic E-state index is -1.42. The van der Waals surface area contributed by atoms with Gasteiger partial charge in [0.2, 0.25) is 0 Å². The second kappa shape index (κ2) is 4.46. The van der Waals surface area contributed by atoms with Gasteiger partial charge in [-0.25, -0.2) is 0 Å². The lowest BCUT2D eigenvalue weighted by atomic mass is 9.92. The number of carbonyl (C=O) groups is 2. The van der Waals surface area contributed by atoms with E-state index in [9.17, 15) is 14.7 Å². The lowest BCUT2D eigenvalue weighted by molar-refractivity contribution is -0.145. The Morgan fingerprint density at radius 1 is 1.26 bits per heavy atom. The Kier molecular flexibility index (Phi) is 3.09. The number of hydrogen-bond acceptors (Lipinski definition) is 4. The number of hydrogen-bond donors (Lipinski definition) is 2. The fourth-order valence-corrected chi connectivity index (χ4v) is 2.37. The quantitative estimate of drug-likeness (QED) is 0.829. The van der Waals surface area contributed by atoms with Crippen LogP contribution in [0, 0.1) is 5.92 Å². The number of ether oxygens (including phenoxy) is 2. The summed E-state index contributed by atoms with van der Waals surface area (Å²) in [5.41, 5.74) is -1.08. The van der Waals surface area contributed by atoms with Crippen molar-refractivity contribution in [1.82, 2.24) is 0 Å². The van der Waals surface area contributed by atoms with E-state index >= 15 is 0 Å². The number of aliphatic carboxylic acids is 2. The normalized spacial score (nSPS) is 24.6. The molecule has 0 radical (unpaired) electrons. The van der Waals surface area contributed by atoms with Crippen LogP contribution in [-0.2, 0) is 15.0 Å². The third kappa shape index (κ3) is 1.89. The highest BCUT2D eigenvalue weighted by Crippen LogP contribution is 2.57. The fourth-order valence-electron chi connectivity index (χ4n) is 2.37. The van der Waals surface area contributed by atoms with E-state index in [2.05, 4.69) is 0 Å². The molecule has 2 rings (SSSR count). The van der Waals surface area contributed by atoms with Gasteiger partial charge in [0.15, 0.2) is 0 Å². The van der Waals surface area contributed by atoms with Crippen molar-refractivity contribution in [3.8, 4) is 11.5 Å². The molecule has 0 saturated heterocycles. The summed E-state index contributed by atoms with van der Waals surface area (Å²) in [7, 11) is 2.87. The molecule has 102 valence electrons. The van der Waals surface area contributed by atoms with Gasteiger partial charge in [0, 0.05) is 5.56 Å². The molecule has 2 N–H and O–H groups in total. The van der Waals surface area contributed by atoms with E-state index in [1.54, 1.807) is 12.1 Å². The van der Waals surface area contributed by atoms with E-state index < -0.39 is 23.3 Å². The summed E-state index contributed by atoms with van der Waals surface area (Å²) in [6.45, 7) is 0. The standard InChI is InChI=1S/C13H14O6/c1-18-7-3-4-10(19-2)8(5-7)13(12(16)17)6-9(13)11(14)15/h3-5,9H,6H2,1-2H3,(H,14,15)(H,16,17). The lowest BCUT2D eigenvalue weighted by Gasteiger charge is -2.16. The number of benzene rings is 1. The topological polar surface area (TPSA) is 93.1 Å². The second-order valence-electron chi connectivity index (χ2n) is 4.44. The first kappa shape index (κ1) is 13.2. The summed E-state index contributed by atoms with van der Waals surface area (Å²) >= 11 is 0. The summed E-state index contributed by atoms with van der Waals surface area (Å²) in [5, 5.41) is 18.5. The van der Waals surface area contributed by atoms with E-state index in [1.807, 2.05) is 0 Å². The molecular weight excluding hydrogens is 252 g/mol. The van der Waals surface area contributed by atoms with Crippen molar-refractivity contribution in [1.29, 1.82) is 0 Å². The van der Waals surface area contributed by atoms with E-state index in [-0.39, 0.29) is 6.42 Å². The summed E-state index contributed by atoms with van der Waals surface area (Å²) in [6.07, 6.45) is 0.0567. The van der Waals surface area contributed by atoms with Crippen LogP contribution in [0.2, 0.25) is 0 Å². The zero-order valence-corrected chi connectivity index (χ0v) is 10.5. The monoisotopic (exact) mass is 266 g/mol. The van der Waals surface area contributed by atoms with Crippen molar-refractivity contribution in [3.05, 3.63) is 23.8 Å². The van der Waals surface area contributed by atoms with Crippen LogP contribution < -0.4 is 9.47 Å². The largest absolute Gasteiger partial charge is 0.497 e. The highest BCUT2D eigenvalue weighted by Gasteiger charge is 2.66. The van der Waals surface area contributed by atoms with Crippen molar-refractivity contribution in [2.75, 3.05) is 14.2 Å². The molecule has 2 atom stereocenters. The van der Waals surface area contributed by atoms with Crippen molar-refractivity contribution in [2.45, 2.75) is 11.8 Å². The average Bonchev–Trinajstić information content (AvgIpc) is 3.14. The highest BCUT2D eigenvalue weighted by atomic mass is 16.5. The number of methoxy groups -OCH3 is 2. The van der Waals surface area contributed by atoms with Gasteiger partial charge in [-0.3, -0.25) is 9.59 Å². The van der Waals surface area contributed by atoms with E-state index in [4.69, 9.17) is 14.6 Å². The fraction of sp³-hybridized carbons (Fsp3) is 0.385. The third-order valence-corrected chi connectivity index (χ3v) is 3.53. The maximum atomic E-state index is 11.5.